The van der Waals surface area contributed by atoms with E-state index in [-0.39, 0.29) is 0 Å². The van der Waals surface area contributed by atoms with Crippen LogP contribution in [0.5, 0.6) is 0 Å². The number of alkyl halides is 1. The maximum atomic E-state index is 9.99. The molecule has 1 atom stereocenters. The smallest absolute Gasteiger partial charge is 0.259 e. The van der Waals surface area contributed by atoms with Crippen LogP contribution in [0, 0.1) is 0 Å². The molecule has 0 aliphatic heterocycles. The number of amides is 1. The topological polar surface area (TPSA) is 63.3 Å². The van der Waals surface area contributed by atoms with E-state index < -0.39 is 9.51 Å². The first-order valence-corrected chi connectivity index (χ1v) is 2.73. The molecule has 1 unspecified atom stereocenters. The zero-order chi connectivity index (χ0) is 6.08. The van der Waals surface area contributed by atoms with Crippen molar-refractivity contribution in [3.8, 4) is 0 Å². The molecule has 0 radical (unpaired) electrons. The van der Waals surface area contributed by atoms with Gasteiger partial charge in [-0.05, 0) is 29.5 Å². The molecule has 0 heterocycles. The minimum atomic E-state index is -1.39. The number of hydrogen-bond acceptors (Lipinski definition) is 2. The summed E-state index contributed by atoms with van der Waals surface area (Å²) in [6.45, 7) is 1.33. The van der Waals surface area contributed by atoms with E-state index in [0.29, 0.717) is 0 Å². The van der Waals surface area contributed by atoms with Crippen LogP contribution in [0.1, 0.15) is 6.92 Å². The van der Waals surface area contributed by atoms with Crippen molar-refractivity contribution in [1.82, 2.24) is 0 Å². The zero-order valence-corrected chi connectivity index (χ0v) is 5.97. The Morgan fingerprint density at radius 3 is 2.14 bits per heavy atom. The number of carbonyl (C=O) groups is 1. The Kier molecular flexibility index (Phi) is 2.00. The number of hydrogen-bond donors (Lipinski definition) is 2. The highest BCUT2D eigenvalue weighted by Crippen LogP contribution is 2.10. The van der Waals surface area contributed by atoms with E-state index in [4.69, 9.17) is 5.11 Å². The monoisotopic (exact) mass is 215 g/mol. The summed E-state index contributed by atoms with van der Waals surface area (Å²) in [4.78, 5) is 9.99. The summed E-state index contributed by atoms with van der Waals surface area (Å²) in [5.74, 6) is -0.715. The van der Waals surface area contributed by atoms with Crippen LogP contribution in [0.4, 0.5) is 0 Å². The first-order chi connectivity index (χ1) is 2.94. The Labute approximate surface area is 55.0 Å². The molecule has 42 valence electrons. The summed E-state index contributed by atoms with van der Waals surface area (Å²) in [5, 5.41) is 8.61. The van der Waals surface area contributed by atoms with Crippen molar-refractivity contribution in [1.29, 1.82) is 0 Å². The molecule has 0 aromatic carbocycles. The van der Waals surface area contributed by atoms with E-state index in [1.54, 1.807) is 22.6 Å². The lowest BCUT2D eigenvalue weighted by molar-refractivity contribution is -0.126. The highest BCUT2D eigenvalue weighted by molar-refractivity contribution is 14.1. The van der Waals surface area contributed by atoms with Gasteiger partial charge in [-0.25, -0.2) is 0 Å². The van der Waals surface area contributed by atoms with E-state index in [2.05, 4.69) is 5.73 Å². The molecule has 0 aromatic rings. The van der Waals surface area contributed by atoms with Gasteiger partial charge >= 0.3 is 0 Å². The number of primary amides is 1. The molecule has 0 spiro atoms. The van der Waals surface area contributed by atoms with Gasteiger partial charge in [-0.3, -0.25) is 4.79 Å². The molecule has 0 rings (SSSR count). The summed E-state index contributed by atoms with van der Waals surface area (Å²) in [6, 6.07) is 0. The molecule has 4 heteroatoms. The van der Waals surface area contributed by atoms with Crippen molar-refractivity contribution >= 4 is 28.5 Å². The van der Waals surface area contributed by atoms with Gasteiger partial charge in [0.2, 0.25) is 0 Å². The van der Waals surface area contributed by atoms with Gasteiger partial charge in [-0.2, -0.15) is 0 Å². The highest BCUT2D eigenvalue weighted by Gasteiger charge is 2.21. The fraction of sp³-hybridized carbons (Fsp3) is 0.667. The molecular formula is C3H6INO2. The zero-order valence-electron chi connectivity index (χ0n) is 3.81. The third kappa shape index (κ3) is 2.81. The summed E-state index contributed by atoms with van der Waals surface area (Å²) in [6.07, 6.45) is 0. The van der Waals surface area contributed by atoms with E-state index in [1.807, 2.05) is 0 Å². The molecule has 0 aromatic heterocycles. The van der Waals surface area contributed by atoms with Crippen molar-refractivity contribution in [2.75, 3.05) is 0 Å². The third-order valence-electron chi connectivity index (χ3n) is 0.450. The first kappa shape index (κ1) is 7.16. The van der Waals surface area contributed by atoms with Gasteiger partial charge in [0.05, 0.1) is 0 Å². The second-order valence-corrected chi connectivity index (χ2v) is 3.42. The van der Waals surface area contributed by atoms with Crippen LogP contribution < -0.4 is 5.73 Å². The largest absolute Gasteiger partial charge is 0.371 e. The minimum absolute atomic E-state index is 0.715. The fourth-order valence-electron chi connectivity index (χ4n) is 0. The fourth-order valence-corrected chi connectivity index (χ4v) is 0. The average Bonchev–Trinajstić information content (AvgIpc) is 1.31. The Balaban J connectivity index is 3.79. The van der Waals surface area contributed by atoms with Crippen LogP contribution in [0.3, 0.4) is 0 Å². The van der Waals surface area contributed by atoms with Gasteiger partial charge in [0, 0.05) is 0 Å². The summed E-state index contributed by atoms with van der Waals surface area (Å²) in [7, 11) is 0. The molecule has 3 nitrogen and oxygen atoms in total. The van der Waals surface area contributed by atoms with E-state index in [9.17, 15) is 4.79 Å². The molecule has 0 aliphatic rings. The van der Waals surface area contributed by atoms with Crippen LogP contribution in [0.15, 0.2) is 0 Å². The Hall–Kier alpha value is 0.160. The maximum Gasteiger partial charge on any atom is 0.259 e. The molecular weight excluding hydrogens is 209 g/mol. The third-order valence-corrected chi connectivity index (χ3v) is 0.981. The van der Waals surface area contributed by atoms with Gasteiger partial charge in [0.1, 0.15) is 0 Å². The highest BCUT2D eigenvalue weighted by atomic mass is 127. The summed E-state index contributed by atoms with van der Waals surface area (Å²) < 4.78 is -1.39. The van der Waals surface area contributed by atoms with Crippen molar-refractivity contribution < 1.29 is 9.90 Å². The Bertz CT molecular complexity index is 85.4. The number of halogens is 1. The lowest BCUT2D eigenvalue weighted by Crippen LogP contribution is -2.34. The summed E-state index contributed by atoms with van der Waals surface area (Å²) in [5.41, 5.74) is 4.67. The maximum absolute atomic E-state index is 9.99. The molecule has 1 amide bonds. The Morgan fingerprint density at radius 2 is 2.14 bits per heavy atom. The second-order valence-electron chi connectivity index (χ2n) is 1.32. The minimum Gasteiger partial charge on any atom is -0.371 e. The van der Waals surface area contributed by atoms with E-state index >= 15 is 0 Å². The van der Waals surface area contributed by atoms with Crippen LogP contribution in [0.25, 0.3) is 0 Å². The number of rotatable bonds is 1. The quantitative estimate of drug-likeness (QED) is 0.462. The van der Waals surface area contributed by atoms with Crippen LogP contribution in [-0.4, -0.2) is 14.6 Å². The lowest BCUT2D eigenvalue weighted by atomic mass is 10.4. The Morgan fingerprint density at radius 1 is 2.00 bits per heavy atom. The van der Waals surface area contributed by atoms with Crippen molar-refractivity contribution in [3.05, 3.63) is 0 Å². The molecule has 0 fully saturated rings. The first-order valence-electron chi connectivity index (χ1n) is 1.66. The molecule has 3 N–H and O–H groups in total. The van der Waals surface area contributed by atoms with Gasteiger partial charge in [0.25, 0.3) is 5.91 Å². The predicted octanol–water partition coefficient (Wildman–Crippen LogP) is -0.385. The van der Waals surface area contributed by atoms with Gasteiger partial charge in [-0.15, -0.1) is 0 Å². The molecule has 0 bridgehead atoms. The van der Waals surface area contributed by atoms with E-state index in [1.165, 1.54) is 6.92 Å². The van der Waals surface area contributed by atoms with Crippen LogP contribution in [0.2, 0.25) is 0 Å². The standard InChI is InChI=1S/C3H6INO2/c1-3(4,7)2(5)6/h7H,1H3,(H2,5,6). The van der Waals surface area contributed by atoms with Crippen LogP contribution >= 0.6 is 22.6 Å². The van der Waals surface area contributed by atoms with Crippen molar-refractivity contribution in [3.63, 3.8) is 0 Å². The van der Waals surface area contributed by atoms with Gasteiger partial charge in [0.15, 0.2) is 3.61 Å². The SMILES string of the molecule is CC(O)(I)C(N)=O. The molecule has 7 heavy (non-hydrogen) atoms. The second kappa shape index (κ2) is 1.95. The summed E-state index contributed by atoms with van der Waals surface area (Å²) >= 11 is 1.55. The normalized spacial score (nSPS) is 18.1. The van der Waals surface area contributed by atoms with E-state index in [0.717, 1.165) is 0 Å². The number of nitrogens with two attached hydrogens (primary N) is 1. The molecule has 0 saturated carbocycles. The van der Waals surface area contributed by atoms with Crippen molar-refractivity contribution in [2.24, 2.45) is 5.73 Å². The van der Waals surface area contributed by atoms with Crippen LogP contribution in [-0.2, 0) is 4.79 Å². The lowest BCUT2D eigenvalue weighted by Gasteiger charge is -2.06. The predicted molar refractivity (Wildman–Crippen MR) is 33.8 cm³/mol. The van der Waals surface area contributed by atoms with Crippen molar-refractivity contribution in [2.45, 2.75) is 10.5 Å². The number of aliphatic hydroxyl groups is 1. The molecule has 0 aliphatic carbocycles. The molecule has 0 saturated heterocycles. The average molecular weight is 215 g/mol. The van der Waals surface area contributed by atoms with Gasteiger partial charge < -0.3 is 10.8 Å². The number of carbonyl (C=O) groups excluding carboxylic acids is 1. The van der Waals surface area contributed by atoms with Gasteiger partial charge in [-0.1, -0.05) is 0 Å².